The molecule has 3 rings (SSSR count). The first-order valence-corrected chi connectivity index (χ1v) is 6.38. The van der Waals surface area contributed by atoms with Crippen molar-refractivity contribution in [1.29, 1.82) is 0 Å². The minimum Gasteiger partial charge on any atom is -0.486 e. The van der Waals surface area contributed by atoms with Crippen LogP contribution in [-0.2, 0) is 9.53 Å². The molecule has 0 amide bonds. The first-order chi connectivity index (χ1) is 8.16. The van der Waals surface area contributed by atoms with E-state index in [1.807, 2.05) is 13.0 Å². The lowest BCUT2D eigenvalue weighted by Gasteiger charge is -2.21. The molecule has 3 atom stereocenters. The normalized spacial score (nSPS) is 33.5. The van der Waals surface area contributed by atoms with Crippen LogP contribution in [0.15, 0.2) is 24.0 Å². The first-order valence-electron chi connectivity index (χ1n) is 6.38. The van der Waals surface area contributed by atoms with Crippen LogP contribution in [-0.4, -0.2) is 17.2 Å². The highest BCUT2D eigenvalue weighted by Gasteiger charge is 2.26. The molecule has 1 saturated carbocycles. The molecular weight excluding hydrogens is 216 g/mol. The highest BCUT2D eigenvalue weighted by Crippen LogP contribution is 2.38. The zero-order valence-electron chi connectivity index (χ0n) is 10.3. The Bertz CT molecular complexity index is 343. The fourth-order valence-electron chi connectivity index (χ4n) is 2.65. The summed E-state index contributed by atoms with van der Waals surface area (Å²) in [4.78, 5) is 10.4. The second-order valence-electron chi connectivity index (χ2n) is 5.19. The zero-order chi connectivity index (χ0) is 12.3. The van der Waals surface area contributed by atoms with Crippen LogP contribution in [0.25, 0.3) is 0 Å². The van der Waals surface area contributed by atoms with Crippen molar-refractivity contribution in [2.24, 2.45) is 11.8 Å². The van der Waals surface area contributed by atoms with Crippen molar-refractivity contribution < 1.29 is 14.6 Å². The molecule has 3 unspecified atom stereocenters. The fourth-order valence-corrected chi connectivity index (χ4v) is 2.65. The summed E-state index contributed by atoms with van der Waals surface area (Å²) in [6, 6.07) is 0. The zero-order valence-corrected chi connectivity index (χ0v) is 10.3. The average molecular weight is 236 g/mol. The molecule has 0 spiro atoms. The van der Waals surface area contributed by atoms with E-state index in [1.54, 1.807) is 5.57 Å². The third kappa shape index (κ3) is 3.11. The second-order valence-corrected chi connectivity index (χ2v) is 5.19. The first kappa shape index (κ1) is 12.2. The van der Waals surface area contributed by atoms with Gasteiger partial charge in [-0.1, -0.05) is 18.6 Å². The van der Waals surface area contributed by atoms with Gasteiger partial charge in [-0.2, -0.15) is 0 Å². The van der Waals surface area contributed by atoms with Crippen LogP contribution in [0.4, 0.5) is 0 Å². The van der Waals surface area contributed by atoms with Gasteiger partial charge in [0.05, 0.1) is 6.26 Å². The predicted molar refractivity (Wildman–Crippen MR) is 65.5 cm³/mol. The largest absolute Gasteiger partial charge is 0.486 e. The van der Waals surface area contributed by atoms with E-state index in [4.69, 9.17) is 9.84 Å². The van der Waals surface area contributed by atoms with Gasteiger partial charge in [0, 0.05) is 5.92 Å². The Labute approximate surface area is 102 Å². The lowest BCUT2D eigenvalue weighted by Crippen LogP contribution is -2.30. The maximum atomic E-state index is 10.4. The topological polar surface area (TPSA) is 46.5 Å². The van der Waals surface area contributed by atoms with Crippen LogP contribution in [0.3, 0.4) is 0 Å². The Hall–Kier alpha value is -1.25. The molecule has 3 nitrogen and oxygen atoms in total. The van der Waals surface area contributed by atoms with Crippen molar-refractivity contribution in [2.75, 3.05) is 0 Å². The fraction of sp³-hybridized carbons (Fsp3) is 0.643. The number of hydrogen-bond acceptors (Lipinski definition) is 2. The molecule has 3 aliphatic rings. The molecule has 94 valence electrons. The van der Waals surface area contributed by atoms with Crippen LogP contribution < -0.4 is 0 Å². The predicted octanol–water partition coefficient (Wildman–Crippen LogP) is 3.13. The van der Waals surface area contributed by atoms with Crippen molar-refractivity contribution in [2.45, 2.75) is 45.1 Å². The van der Waals surface area contributed by atoms with E-state index in [9.17, 15) is 4.79 Å². The number of allylic oxidation sites excluding steroid dienone is 3. The standard InChI is InChI=1S/C7H10O3.C7H10/c1-5-3-2-4-10-6(5)7(8)9;1-2-7-4-3-6(1)5-7/h2,4-6H,3H2,1H3,(H,8,9);1,7H,2-5H2. The molecule has 1 aliphatic heterocycles. The number of hydrogen-bond donors (Lipinski definition) is 1. The van der Waals surface area contributed by atoms with Gasteiger partial charge in [0.2, 0.25) is 0 Å². The number of carbonyl (C=O) groups is 1. The smallest absolute Gasteiger partial charge is 0.345 e. The number of rotatable bonds is 1. The van der Waals surface area contributed by atoms with Crippen LogP contribution in [0, 0.1) is 11.8 Å². The van der Waals surface area contributed by atoms with Gasteiger partial charge in [0.1, 0.15) is 0 Å². The molecule has 1 heterocycles. The van der Waals surface area contributed by atoms with E-state index in [2.05, 4.69) is 6.08 Å². The summed E-state index contributed by atoms with van der Waals surface area (Å²) >= 11 is 0. The summed E-state index contributed by atoms with van der Waals surface area (Å²) < 4.78 is 4.87. The number of carboxylic acids is 1. The van der Waals surface area contributed by atoms with Crippen LogP contribution in [0.2, 0.25) is 0 Å². The number of ether oxygens (including phenoxy) is 1. The quantitative estimate of drug-likeness (QED) is 0.711. The van der Waals surface area contributed by atoms with E-state index in [-0.39, 0.29) is 5.92 Å². The molecule has 3 heteroatoms. The molecule has 17 heavy (non-hydrogen) atoms. The second kappa shape index (κ2) is 5.39. The highest BCUT2D eigenvalue weighted by atomic mass is 16.5. The minimum atomic E-state index is -0.878. The number of aliphatic carboxylic acids is 1. The van der Waals surface area contributed by atoms with E-state index in [0.717, 1.165) is 12.3 Å². The van der Waals surface area contributed by atoms with Gasteiger partial charge in [0.15, 0.2) is 6.10 Å². The molecule has 0 saturated heterocycles. The van der Waals surface area contributed by atoms with Crippen molar-refractivity contribution in [3.63, 3.8) is 0 Å². The SMILES string of the molecule is C1=C2CCC(C1)C2.CC1CC=COC1C(=O)O. The Morgan fingerprint density at radius 2 is 2.29 bits per heavy atom. The minimum absolute atomic E-state index is 0.0856. The van der Waals surface area contributed by atoms with Gasteiger partial charge < -0.3 is 9.84 Å². The summed E-state index contributed by atoms with van der Waals surface area (Å²) in [6.45, 7) is 1.86. The van der Waals surface area contributed by atoms with Crippen LogP contribution in [0.5, 0.6) is 0 Å². The molecule has 0 radical (unpaired) electrons. The molecule has 0 aromatic rings. The summed E-state index contributed by atoms with van der Waals surface area (Å²) in [7, 11) is 0. The van der Waals surface area contributed by atoms with Gasteiger partial charge in [-0.3, -0.25) is 0 Å². The van der Waals surface area contributed by atoms with Crippen molar-refractivity contribution in [3.05, 3.63) is 24.0 Å². The van der Waals surface area contributed by atoms with E-state index in [0.29, 0.717) is 0 Å². The van der Waals surface area contributed by atoms with E-state index >= 15 is 0 Å². The van der Waals surface area contributed by atoms with E-state index < -0.39 is 12.1 Å². The molecule has 0 aromatic carbocycles. The lowest BCUT2D eigenvalue weighted by atomic mass is 9.99. The molecule has 1 N–H and O–H groups in total. The van der Waals surface area contributed by atoms with E-state index in [1.165, 1.54) is 31.9 Å². The summed E-state index contributed by atoms with van der Waals surface area (Å²) in [6.07, 6.45) is 11.6. The molecule has 0 aromatic heterocycles. The molecule has 2 bridgehead atoms. The Kier molecular flexibility index (Phi) is 3.87. The average Bonchev–Trinajstić information content (AvgIpc) is 2.94. The van der Waals surface area contributed by atoms with Gasteiger partial charge in [-0.05, 0) is 44.1 Å². The van der Waals surface area contributed by atoms with Crippen molar-refractivity contribution in [1.82, 2.24) is 0 Å². The maximum Gasteiger partial charge on any atom is 0.345 e. The highest BCUT2D eigenvalue weighted by molar-refractivity contribution is 5.72. The van der Waals surface area contributed by atoms with Crippen LogP contribution >= 0.6 is 0 Å². The van der Waals surface area contributed by atoms with Crippen molar-refractivity contribution >= 4 is 5.97 Å². The molecular formula is C14H20O3. The summed E-state index contributed by atoms with van der Waals surface area (Å²) in [5.74, 6) is 0.286. The Morgan fingerprint density at radius 1 is 1.47 bits per heavy atom. The summed E-state index contributed by atoms with van der Waals surface area (Å²) in [5.41, 5.74) is 1.74. The third-order valence-electron chi connectivity index (χ3n) is 3.75. The summed E-state index contributed by atoms with van der Waals surface area (Å²) in [5, 5.41) is 8.55. The van der Waals surface area contributed by atoms with Gasteiger partial charge in [0.25, 0.3) is 0 Å². The number of fused-ring (bicyclic) bond motifs is 2. The Morgan fingerprint density at radius 3 is 2.59 bits per heavy atom. The van der Waals surface area contributed by atoms with Gasteiger partial charge in [-0.15, -0.1) is 0 Å². The number of carboxylic acid groups (broad SMARTS) is 1. The third-order valence-corrected chi connectivity index (χ3v) is 3.75. The monoisotopic (exact) mass is 236 g/mol. The molecule has 1 fully saturated rings. The van der Waals surface area contributed by atoms with Crippen molar-refractivity contribution in [3.8, 4) is 0 Å². The lowest BCUT2D eigenvalue weighted by molar-refractivity contribution is -0.150. The Balaban J connectivity index is 0.000000134. The maximum absolute atomic E-state index is 10.4. The van der Waals surface area contributed by atoms with Gasteiger partial charge >= 0.3 is 5.97 Å². The molecule has 2 aliphatic carbocycles. The van der Waals surface area contributed by atoms with Gasteiger partial charge in [-0.25, -0.2) is 4.79 Å². The van der Waals surface area contributed by atoms with Crippen LogP contribution in [0.1, 0.15) is 39.0 Å².